The fourth-order valence-electron chi connectivity index (χ4n) is 2.11. The molecule has 0 heterocycles. The zero-order valence-corrected chi connectivity index (χ0v) is 13.6. The first-order valence-electron chi connectivity index (χ1n) is 6.75. The average Bonchev–Trinajstić information content (AvgIpc) is 2.43. The quantitative estimate of drug-likeness (QED) is 0.733. The van der Waals surface area contributed by atoms with Gasteiger partial charge in [0.25, 0.3) is 0 Å². The second kappa shape index (κ2) is 6.94. The molecule has 0 aliphatic rings. The minimum Gasteiger partial charge on any atom is -0.382 e. The lowest BCUT2D eigenvalue weighted by Gasteiger charge is -2.19. The Balaban J connectivity index is 2.04. The summed E-state index contributed by atoms with van der Waals surface area (Å²) in [6.45, 7) is 4.38. The average molecular weight is 365 g/mol. The Bertz CT molecular complexity index is 522. The molecular weight excluding hydrogens is 345 g/mol. The Morgan fingerprint density at radius 1 is 1.11 bits per heavy atom. The Morgan fingerprint density at radius 2 is 1.84 bits per heavy atom. The van der Waals surface area contributed by atoms with Crippen LogP contribution in [0.2, 0.25) is 0 Å². The fourth-order valence-corrected chi connectivity index (χ4v) is 2.63. The van der Waals surface area contributed by atoms with Crippen molar-refractivity contribution in [1.29, 1.82) is 0 Å². The summed E-state index contributed by atoms with van der Waals surface area (Å²) in [5.74, 6) is 0. The molecule has 0 radical (unpaired) electrons. The topological polar surface area (TPSA) is 12.0 Å². The summed E-state index contributed by atoms with van der Waals surface area (Å²) in [6.07, 6.45) is 2.20. The van der Waals surface area contributed by atoms with E-state index >= 15 is 0 Å². The first-order valence-corrected chi connectivity index (χ1v) is 7.83. The van der Waals surface area contributed by atoms with Gasteiger partial charge in [-0.1, -0.05) is 43.3 Å². The molecule has 0 amide bonds. The van der Waals surface area contributed by atoms with Gasteiger partial charge in [0, 0.05) is 15.3 Å². The Morgan fingerprint density at radius 3 is 2.47 bits per heavy atom. The van der Waals surface area contributed by atoms with Crippen LogP contribution in [0, 0.1) is 10.5 Å². The van der Waals surface area contributed by atoms with Gasteiger partial charge in [-0.15, -0.1) is 0 Å². The van der Waals surface area contributed by atoms with Crippen LogP contribution in [0.1, 0.15) is 24.5 Å². The van der Waals surface area contributed by atoms with Crippen molar-refractivity contribution < 1.29 is 0 Å². The van der Waals surface area contributed by atoms with Crippen molar-refractivity contribution in [2.75, 3.05) is 5.32 Å². The number of anilines is 1. The summed E-state index contributed by atoms with van der Waals surface area (Å²) in [5.41, 5.74) is 3.95. The minimum atomic E-state index is 0.487. The third kappa shape index (κ3) is 4.23. The molecule has 0 aromatic heterocycles. The van der Waals surface area contributed by atoms with E-state index in [-0.39, 0.29) is 0 Å². The summed E-state index contributed by atoms with van der Waals surface area (Å²) in [7, 11) is 0. The number of rotatable bonds is 5. The van der Waals surface area contributed by atoms with Crippen molar-refractivity contribution >= 4 is 28.3 Å². The predicted molar refractivity (Wildman–Crippen MR) is 91.7 cm³/mol. The SMILES string of the molecule is CCC(Cc1ccccc1)Nc1ccc(C)c(I)c1. The maximum atomic E-state index is 3.64. The first-order chi connectivity index (χ1) is 9.19. The molecule has 0 saturated carbocycles. The Labute approximate surface area is 129 Å². The van der Waals surface area contributed by atoms with Crippen LogP contribution in [0.5, 0.6) is 0 Å². The third-order valence-electron chi connectivity index (χ3n) is 3.36. The first kappa shape index (κ1) is 14.4. The second-order valence-electron chi connectivity index (χ2n) is 4.90. The smallest absolute Gasteiger partial charge is 0.0353 e. The monoisotopic (exact) mass is 365 g/mol. The van der Waals surface area contributed by atoms with Crippen molar-refractivity contribution in [2.45, 2.75) is 32.7 Å². The molecular formula is C17H20IN. The highest BCUT2D eigenvalue weighted by atomic mass is 127. The van der Waals surface area contributed by atoms with Crippen LogP contribution in [-0.4, -0.2) is 6.04 Å². The van der Waals surface area contributed by atoms with Gasteiger partial charge in [-0.25, -0.2) is 0 Å². The summed E-state index contributed by atoms with van der Waals surface area (Å²) in [5, 5.41) is 3.64. The van der Waals surface area contributed by atoms with Crippen LogP contribution < -0.4 is 5.32 Å². The molecule has 2 rings (SSSR count). The van der Waals surface area contributed by atoms with Crippen molar-refractivity contribution in [3.63, 3.8) is 0 Å². The maximum absolute atomic E-state index is 3.64. The van der Waals surface area contributed by atoms with E-state index in [0.29, 0.717) is 6.04 Å². The molecule has 2 heteroatoms. The highest BCUT2D eigenvalue weighted by Gasteiger charge is 2.07. The van der Waals surface area contributed by atoms with Crippen LogP contribution in [0.4, 0.5) is 5.69 Å². The Kier molecular flexibility index (Phi) is 5.25. The molecule has 0 aliphatic heterocycles. The van der Waals surface area contributed by atoms with Gasteiger partial charge in [0.15, 0.2) is 0 Å². The summed E-state index contributed by atoms with van der Waals surface area (Å²) < 4.78 is 1.32. The van der Waals surface area contributed by atoms with Gasteiger partial charge in [-0.05, 0) is 65.6 Å². The van der Waals surface area contributed by atoms with Gasteiger partial charge in [0.1, 0.15) is 0 Å². The second-order valence-corrected chi connectivity index (χ2v) is 6.07. The van der Waals surface area contributed by atoms with Crippen LogP contribution in [0.15, 0.2) is 48.5 Å². The standard InChI is InChI=1S/C17H20IN/c1-3-15(11-14-7-5-4-6-8-14)19-16-10-9-13(2)17(18)12-16/h4-10,12,15,19H,3,11H2,1-2H3. The van der Waals surface area contributed by atoms with E-state index < -0.39 is 0 Å². The molecule has 1 unspecified atom stereocenters. The molecule has 0 aliphatic carbocycles. The van der Waals surface area contributed by atoms with E-state index in [1.807, 2.05) is 0 Å². The van der Waals surface area contributed by atoms with Gasteiger partial charge in [-0.2, -0.15) is 0 Å². The third-order valence-corrected chi connectivity index (χ3v) is 4.52. The molecule has 0 bridgehead atoms. The zero-order chi connectivity index (χ0) is 13.7. The molecule has 1 atom stereocenters. The maximum Gasteiger partial charge on any atom is 0.0353 e. The minimum absolute atomic E-state index is 0.487. The lowest BCUT2D eigenvalue weighted by atomic mass is 10.0. The molecule has 1 N–H and O–H groups in total. The number of halogens is 1. The summed E-state index contributed by atoms with van der Waals surface area (Å²) >= 11 is 2.39. The van der Waals surface area contributed by atoms with Gasteiger partial charge >= 0.3 is 0 Å². The van der Waals surface area contributed by atoms with Gasteiger partial charge < -0.3 is 5.32 Å². The summed E-state index contributed by atoms with van der Waals surface area (Å²) in [6, 6.07) is 17.7. The zero-order valence-electron chi connectivity index (χ0n) is 11.5. The Hall–Kier alpha value is -1.03. The van der Waals surface area contributed by atoms with Crippen molar-refractivity contribution in [2.24, 2.45) is 0 Å². The van der Waals surface area contributed by atoms with Crippen molar-refractivity contribution in [3.8, 4) is 0 Å². The van der Waals surface area contributed by atoms with E-state index in [1.54, 1.807) is 0 Å². The predicted octanol–water partition coefficient (Wildman–Crippen LogP) is 5.03. The number of nitrogens with one attached hydrogen (secondary N) is 1. The molecule has 2 aromatic rings. The fraction of sp³-hybridized carbons (Fsp3) is 0.294. The molecule has 0 saturated heterocycles. The van der Waals surface area contributed by atoms with Crippen LogP contribution in [0.3, 0.4) is 0 Å². The van der Waals surface area contributed by atoms with Crippen LogP contribution >= 0.6 is 22.6 Å². The number of hydrogen-bond acceptors (Lipinski definition) is 1. The van der Waals surface area contributed by atoms with Crippen LogP contribution in [-0.2, 0) is 6.42 Å². The normalized spacial score (nSPS) is 12.2. The van der Waals surface area contributed by atoms with E-state index in [0.717, 1.165) is 12.8 Å². The molecule has 19 heavy (non-hydrogen) atoms. The molecule has 2 aromatic carbocycles. The highest BCUT2D eigenvalue weighted by Crippen LogP contribution is 2.19. The molecule has 0 spiro atoms. The van der Waals surface area contributed by atoms with Gasteiger partial charge in [0.2, 0.25) is 0 Å². The number of aryl methyl sites for hydroxylation is 1. The van der Waals surface area contributed by atoms with Crippen molar-refractivity contribution in [1.82, 2.24) is 0 Å². The van der Waals surface area contributed by atoms with Crippen LogP contribution in [0.25, 0.3) is 0 Å². The van der Waals surface area contributed by atoms with E-state index in [1.165, 1.54) is 20.4 Å². The largest absolute Gasteiger partial charge is 0.382 e. The lowest BCUT2D eigenvalue weighted by molar-refractivity contribution is 0.690. The highest BCUT2D eigenvalue weighted by molar-refractivity contribution is 14.1. The number of hydrogen-bond donors (Lipinski definition) is 1. The van der Waals surface area contributed by atoms with Crippen molar-refractivity contribution in [3.05, 3.63) is 63.2 Å². The molecule has 0 fully saturated rings. The van der Waals surface area contributed by atoms with E-state index in [9.17, 15) is 0 Å². The molecule has 100 valence electrons. The number of benzene rings is 2. The molecule has 1 nitrogen and oxygen atoms in total. The summed E-state index contributed by atoms with van der Waals surface area (Å²) in [4.78, 5) is 0. The van der Waals surface area contributed by atoms with E-state index in [2.05, 4.69) is 90.3 Å². The van der Waals surface area contributed by atoms with E-state index in [4.69, 9.17) is 0 Å². The van der Waals surface area contributed by atoms with Gasteiger partial charge in [-0.3, -0.25) is 0 Å². The van der Waals surface area contributed by atoms with Gasteiger partial charge in [0.05, 0.1) is 0 Å². The lowest BCUT2D eigenvalue weighted by Crippen LogP contribution is -2.21.